The van der Waals surface area contributed by atoms with Gasteiger partial charge in [0.15, 0.2) is 0 Å². The molecule has 9 heteroatoms. The van der Waals surface area contributed by atoms with Gasteiger partial charge in [0.05, 0.1) is 12.4 Å². The Kier molecular flexibility index (Phi) is 10.4. The van der Waals surface area contributed by atoms with E-state index in [1.54, 1.807) is 66.7 Å². The third-order valence-corrected chi connectivity index (χ3v) is 7.81. The molecule has 0 aliphatic heterocycles. The van der Waals surface area contributed by atoms with E-state index in [4.69, 9.17) is 16.3 Å². The first kappa shape index (κ1) is 30.4. The molecule has 0 fully saturated rings. The van der Waals surface area contributed by atoms with Crippen molar-refractivity contribution in [3.05, 3.63) is 124 Å². The first-order valence-electron chi connectivity index (χ1n) is 13.1. The lowest BCUT2D eigenvalue weighted by molar-refractivity contribution is -0.115. The molecule has 42 heavy (non-hydrogen) atoms. The molecule has 4 rings (SSSR count). The number of thioether (sulfide) groups is 1. The van der Waals surface area contributed by atoms with Crippen LogP contribution in [0.5, 0.6) is 5.75 Å². The maximum atomic E-state index is 13.4. The van der Waals surface area contributed by atoms with Gasteiger partial charge in [-0.2, -0.15) is 0 Å². The predicted octanol–water partition coefficient (Wildman–Crippen LogP) is 7.19. The van der Waals surface area contributed by atoms with Gasteiger partial charge in [-0.3, -0.25) is 14.4 Å². The Balaban J connectivity index is 1.46. The van der Waals surface area contributed by atoms with Crippen LogP contribution in [0.15, 0.2) is 108 Å². The fraction of sp³-hybridized carbons (Fsp3) is 0.121. The van der Waals surface area contributed by atoms with Crippen molar-refractivity contribution in [2.45, 2.75) is 24.0 Å². The minimum Gasteiger partial charge on any atom is -0.496 e. The second-order valence-electron chi connectivity index (χ2n) is 9.26. The van der Waals surface area contributed by atoms with E-state index < -0.39 is 11.8 Å². The summed E-state index contributed by atoms with van der Waals surface area (Å²) in [6, 6.07) is 28.4. The highest BCUT2D eigenvalue weighted by Gasteiger charge is 2.18. The fourth-order valence-electron chi connectivity index (χ4n) is 3.93. The summed E-state index contributed by atoms with van der Waals surface area (Å²) in [6.07, 6.45) is 1.57. The van der Waals surface area contributed by atoms with Crippen LogP contribution in [0.4, 0.5) is 11.4 Å². The highest BCUT2D eigenvalue weighted by molar-refractivity contribution is 8.00. The average Bonchev–Trinajstić information content (AvgIpc) is 3.00. The van der Waals surface area contributed by atoms with E-state index >= 15 is 0 Å². The van der Waals surface area contributed by atoms with Crippen LogP contribution in [0.1, 0.15) is 28.4 Å². The second kappa shape index (κ2) is 14.4. The Morgan fingerprint density at radius 2 is 1.55 bits per heavy atom. The lowest BCUT2D eigenvalue weighted by Crippen LogP contribution is -2.30. The molecule has 3 amide bonds. The molecule has 214 valence electrons. The van der Waals surface area contributed by atoms with Crippen molar-refractivity contribution in [3.8, 4) is 5.75 Å². The number of para-hydroxylation sites is 1. The van der Waals surface area contributed by atoms with E-state index in [2.05, 4.69) is 16.0 Å². The van der Waals surface area contributed by atoms with Crippen LogP contribution < -0.4 is 20.7 Å². The minimum atomic E-state index is -0.504. The maximum Gasteiger partial charge on any atom is 0.272 e. The lowest BCUT2D eigenvalue weighted by Gasteiger charge is -2.15. The smallest absolute Gasteiger partial charge is 0.272 e. The third-order valence-electron chi connectivity index (χ3n) is 6.29. The minimum absolute atomic E-state index is 0.0495. The molecule has 0 aliphatic carbocycles. The summed E-state index contributed by atoms with van der Waals surface area (Å²) >= 11 is 7.55. The third kappa shape index (κ3) is 8.02. The van der Waals surface area contributed by atoms with Gasteiger partial charge < -0.3 is 20.7 Å². The van der Waals surface area contributed by atoms with Gasteiger partial charge in [0.25, 0.3) is 11.8 Å². The number of hydrogen-bond donors (Lipinski definition) is 3. The van der Waals surface area contributed by atoms with Crippen LogP contribution in [-0.4, -0.2) is 30.1 Å². The van der Waals surface area contributed by atoms with Crippen molar-refractivity contribution in [2.75, 3.05) is 17.7 Å². The van der Waals surface area contributed by atoms with Crippen molar-refractivity contribution in [1.29, 1.82) is 0 Å². The van der Waals surface area contributed by atoms with E-state index in [0.717, 1.165) is 10.5 Å². The zero-order valence-electron chi connectivity index (χ0n) is 23.3. The van der Waals surface area contributed by atoms with Gasteiger partial charge >= 0.3 is 0 Å². The standard InChI is InChI=1S/C33H30ClN3O4S/c1-21-27(34)13-9-14-28(21)36-31(38)22(2)42-26-18-16-25(17-19-26)35-33(40)29(20-24-12-7-8-15-30(24)41-3)37-32(39)23-10-5-4-6-11-23/h4-20,22H,1-3H3,(H,35,40)(H,36,38)(H,37,39)/b29-20-. The van der Waals surface area contributed by atoms with E-state index in [1.807, 2.05) is 50.2 Å². The molecule has 0 saturated carbocycles. The van der Waals surface area contributed by atoms with Crippen LogP contribution in [0.2, 0.25) is 5.02 Å². The Hall–Kier alpha value is -4.53. The van der Waals surface area contributed by atoms with Crippen LogP contribution in [0, 0.1) is 6.92 Å². The normalized spacial score (nSPS) is 11.8. The SMILES string of the molecule is COc1ccccc1/C=C(\NC(=O)c1ccccc1)C(=O)Nc1ccc(SC(C)C(=O)Nc2cccc(Cl)c2C)cc1. The van der Waals surface area contributed by atoms with E-state index in [1.165, 1.54) is 18.9 Å². The molecule has 0 aliphatic rings. The summed E-state index contributed by atoms with van der Waals surface area (Å²) in [5.74, 6) is -0.515. The summed E-state index contributed by atoms with van der Waals surface area (Å²) in [6.45, 7) is 3.67. The van der Waals surface area contributed by atoms with Crippen molar-refractivity contribution in [2.24, 2.45) is 0 Å². The average molecular weight is 600 g/mol. The molecule has 0 bridgehead atoms. The summed E-state index contributed by atoms with van der Waals surface area (Å²) in [7, 11) is 1.54. The summed E-state index contributed by atoms with van der Waals surface area (Å²) in [5.41, 5.74) is 3.11. The molecule has 1 atom stereocenters. The second-order valence-corrected chi connectivity index (χ2v) is 11.1. The highest BCUT2D eigenvalue weighted by Crippen LogP contribution is 2.28. The number of ether oxygens (including phenoxy) is 1. The van der Waals surface area contributed by atoms with Crippen LogP contribution in [0.3, 0.4) is 0 Å². The van der Waals surface area contributed by atoms with Gasteiger partial charge in [0.2, 0.25) is 5.91 Å². The van der Waals surface area contributed by atoms with E-state index in [0.29, 0.717) is 33.3 Å². The molecule has 1 unspecified atom stereocenters. The monoisotopic (exact) mass is 599 g/mol. The number of amides is 3. The molecule has 0 saturated heterocycles. The Morgan fingerprint density at radius 3 is 2.26 bits per heavy atom. The number of methoxy groups -OCH3 is 1. The summed E-state index contributed by atoms with van der Waals surface area (Å²) in [4.78, 5) is 39.9. The van der Waals surface area contributed by atoms with Gasteiger partial charge in [0, 0.05) is 32.4 Å². The van der Waals surface area contributed by atoms with Gasteiger partial charge in [0.1, 0.15) is 11.4 Å². The summed E-state index contributed by atoms with van der Waals surface area (Å²) < 4.78 is 5.41. The number of rotatable bonds is 10. The molecule has 4 aromatic rings. The topological polar surface area (TPSA) is 96.5 Å². The molecule has 7 nitrogen and oxygen atoms in total. The van der Waals surface area contributed by atoms with Gasteiger partial charge in [-0.05, 0) is 80.1 Å². The molecule has 3 N–H and O–H groups in total. The van der Waals surface area contributed by atoms with Crippen LogP contribution >= 0.6 is 23.4 Å². The van der Waals surface area contributed by atoms with Crippen molar-refractivity contribution >= 4 is 58.5 Å². The Morgan fingerprint density at radius 1 is 0.857 bits per heavy atom. The van der Waals surface area contributed by atoms with E-state index in [9.17, 15) is 14.4 Å². The van der Waals surface area contributed by atoms with Gasteiger partial charge in [-0.15, -0.1) is 11.8 Å². The van der Waals surface area contributed by atoms with Crippen molar-refractivity contribution in [1.82, 2.24) is 5.32 Å². The number of nitrogens with one attached hydrogen (secondary N) is 3. The zero-order valence-corrected chi connectivity index (χ0v) is 24.9. The summed E-state index contributed by atoms with van der Waals surface area (Å²) in [5, 5.41) is 8.70. The Labute approximate surface area is 254 Å². The number of hydrogen-bond acceptors (Lipinski definition) is 5. The Bertz CT molecular complexity index is 1610. The molecule has 0 radical (unpaired) electrons. The van der Waals surface area contributed by atoms with Crippen molar-refractivity contribution in [3.63, 3.8) is 0 Å². The van der Waals surface area contributed by atoms with Crippen LogP contribution in [-0.2, 0) is 9.59 Å². The largest absolute Gasteiger partial charge is 0.496 e. The van der Waals surface area contributed by atoms with E-state index in [-0.39, 0.29) is 16.9 Å². The number of carbonyl (C=O) groups is 3. The molecular weight excluding hydrogens is 570 g/mol. The maximum absolute atomic E-state index is 13.4. The molecule has 4 aromatic carbocycles. The fourth-order valence-corrected chi connectivity index (χ4v) is 4.98. The number of anilines is 2. The lowest BCUT2D eigenvalue weighted by atomic mass is 10.1. The number of carbonyl (C=O) groups excluding carboxylic acids is 3. The highest BCUT2D eigenvalue weighted by atomic mass is 35.5. The quantitative estimate of drug-likeness (QED) is 0.132. The predicted molar refractivity (Wildman–Crippen MR) is 170 cm³/mol. The van der Waals surface area contributed by atoms with Crippen molar-refractivity contribution < 1.29 is 19.1 Å². The molecule has 0 spiro atoms. The first-order valence-corrected chi connectivity index (χ1v) is 14.4. The molecule has 0 heterocycles. The van der Waals surface area contributed by atoms with Gasteiger partial charge in [-0.1, -0.05) is 54.1 Å². The molecule has 0 aromatic heterocycles. The number of halogens is 1. The van der Waals surface area contributed by atoms with Crippen LogP contribution in [0.25, 0.3) is 6.08 Å². The first-order chi connectivity index (χ1) is 20.2. The van der Waals surface area contributed by atoms with Gasteiger partial charge in [-0.25, -0.2) is 0 Å². The zero-order chi connectivity index (χ0) is 30.1. The number of benzene rings is 4. The molecular formula is C33H30ClN3O4S.